The number of benzene rings is 2. The van der Waals surface area contributed by atoms with Gasteiger partial charge in [0.05, 0.1) is 37.3 Å². The van der Waals surface area contributed by atoms with Crippen molar-refractivity contribution < 1.29 is 47.5 Å². The summed E-state index contributed by atoms with van der Waals surface area (Å²) in [5.41, 5.74) is 0.267. The van der Waals surface area contributed by atoms with E-state index >= 15 is 0 Å². The van der Waals surface area contributed by atoms with E-state index in [0.717, 1.165) is 11.1 Å². The van der Waals surface area contributed by atoms with Crippen molar-refractivity contribution in [2.24, 2.45) is 29.1 Å². The van der Waals surface area contributed by atoms with Gasteiger partial charge in [-0.05, 0) is 82.8 Å². The van der Waals surface area contributed by atoms with Gasteiger partial charge >= 0.3 is 5.97 Å². The van der Waals surface area contributed by atoms with Gasteiger partial charge in [-0.2, -0.15) is 0 Å². The van der Waals surface area contributed by atoms with Crippen molar-refractivity contribution in [1.82, 2.24) is 10.6 Å². The van der Waals surface area contributed by atoms with Crippen LogP contribution in [0.2, 0.25) is 0 Å². The fraction of sp³-hybridized carbons (Fsp3) is 0.625. The van der Waals surface area contributed by atoms with E-state index in [1.54, 1.807) is 27.7 Å². The first-order chi connectivity index (χ1) is 28.3. The predicted octanol–water partition coefficient (Wildman–Crippen LogP) is 5.83. The highest BCUT2D eigenvalue weighted by Crippen LogP contribution is 2.30. The number of morpholine rings is 1. The Morgan fingerprint density at radius 1 is 0.767 bits per heavy atom. The fourth-order valence-corrected chi connectivity index (χ4v) is 7.68. The van der Waals surface area contributed by atoms with Crippen molar-refractivity contribution in [3.05, 3.63) is 71.8 Å². The quantitative estimate of drug-likeness (QED) is 0.0756. The normalized spacial score (nSPS) is 19.4. The van der Waals surface area contributed by atoms with Crippen LogP contribution in [0.15, 0.2) is 60.7 Å². The molecule has 2 aliphatic rings. The number of Topliss-reactive ketones (excluding diaryl/α,β-unsaturated/α-hetero) is 3. The first-order valence-corrected chi connectivity index (χ1v) is 21.8. The molecule has 60 heavy (non-hydrogen) atoms. The number of nitrogens with zero attached hydrogens (tertiary/aromatic N) is 1. The van der Waals surface area contributed by atoms with Crippen molar-refractivity contribution in [2.45, 2.75) is 118 Å². The molecular weight excluding hydrogens is 763 g/mol. The summed E-state index contributed by atoms with van der Waals surface area (Å²) in [6, 6.07) is 17.5. The summed E-state index contributed by atoms with van der Waals surface area (Å²) in [5, 5.41) is 6.03. The number of esters is 1. The molecule has 12 heteroatoms. The van der Waals surface area contributed by atoms with Gasteiger partial charge in [-0.3, -0.25) is 33.3 Å². The number of rotatable bonds is 24. The van der Waals surface area contributed by atoms with Crippen LogP contribution in [-0.2, 0) is 55.8 Å². The summed E-state index contributed by atoms with van der Waals surface area (Å²) < 4.78 is 17.0. The van der Waals surface area contributed by atoms with E-state index in [9.17, 15) is 28.8 Å². The smallest absolute Gasteiger partial charge is 0.315 e. The molecule has 0 radical (unpaired) electrons. The summed E-state index contributed by atoms with van der Waals surface area (Å²) in [6.45, 7) is 17.2. The monoisotopic (exact) mass is 833 g/mol. The second-order valence-electron chi connectivity index (χ2n) is 19.2. The Morgan fingerprint density at radius 2 is 1.30 bits per heavy atom. The molecule has 0 aromatic heterocycles. The van der Waals surface area contributed by atoms with E-state index in [0.29, 0.717) is 58.6 Å². The van der Waals surface area contributed by atoms with Crippen LogP contribution in [0.25, 0.3) is 0 Å². The lowest BCUT2D eigenvalue weighted by Gasteiger charge is -2.40. The minimum atomic E-state index is -0.924. The van der Waals surface area contributed by atoms with Gasteiger partial charge in [0.15, 0.2) is 17.3 Å². The van der Waals surface area contributed by atoms with Gasteiger partial charge in [-0.25, -0.2) is 0 Å². The number of hydrogen-bond donors (Lipinski definition) is 2. The molecule has 0 aliphatic carbocycles. The number of hydrogen-bond acceptors (Lipinski definition) is 9. The Kier molecular flexibility index (Phi) is 17.8. The average molecular weight is 833 g/mol. The molecule has 0 spiro atoms. The molecule has 2 aliphatic heterocycles. The van der Waals surface area contributed by atoms with Crippen molar-refractivity contribution in [3.63, 3.8) is 0 Å². The molecule has 2 aromatic rings. The average Bonchev–Trinajstić information content (AvgIpc) is 3.95. The molecule has 5 atom stereocenters. The van der Waals surface area contributed by atoms with Crippen LogP contribution < -0.4 is 10.6 Å². The maximum Gasteiger partial charge on any atom is 0.315 e. The van der Waals surface area contributed by atoms with E-state index in [2.05, 4.69) is 10.6 Å². The highest BCUT2D eigenvalue weighted by atomic mass is 16.6. The Bertz CT molecular complexity index is 1740. The maximum absolute atomic E-state index is 14.4. The summed E-state index contributed by atoms with van der Waals surface area (Å²) in [7, 11) is 0. The van der Waals surface area contributed by atoms with Crippen molar-refractivity contribution in [2.75, 3.05) is 46.2 Å². The molecule has 4 rings (SSSR count). The lowest BCUT2D eigenvalue weighted by atomic mass is 9.87. The molecular formula is C48H70N3O9+. The highest BCUT2D eigenvalue weighted by molar-refractivity contribution is 5.98. The van der Waals surface area contributed by atoms with Crippen LogP contribution in [0.1, 0.15) is 98.6 Å². The van der Waals surface area contributed by atoms with Crippen LogP contribution in [0.3, 0.4) is 0 Å². The minimum Gasteiger partial charge on any atom is -0.415 e. The van der Waals surface area contributed by atoms with E-state index in [1.165, 1.54) is 0 Å². The Balaban J connectivity index is 1.55. The van der Waals surface area contributed by atoms with Gasteiger partial charge < -0.3 is 24.8 Å². The van der Waals surface area contributed by atoms with Crippen LogP contribution in [-0.4, -0.2) is 103 Å². The first kappa shape index (κ1) is 48.4. The maximum atomic E-state index is 14.4. The third-order valence-electron chi connectivity index (χ3n) is 11.5. The third-order valence-corrected chi connectivity index (χ3v) is 11.5. The molecule has 330 valence electrons. The van der Waals surface area contributed by atoms with Gasteiger partial charge in [0, 0.05) is 24.7 Å². The van der Waals surface area contributed by atoms with Crippen LogP contribution in [0.5, 0.6) is 0 Å². The molecule has 0 unspecified atom stereocenters. The molecule has 2 amide bonds. The molecule has 12 nitrogen and oxygen atoms in total. The number of carbonyl (C=O) groups excluding carboxylic acids is 6. The zero-order valence-corrected chi connectivity index (χ0v) is 37.3. The van der Waals surface area contributed by atoms with Crippen molar-refractivity contribution in [1.29, 1.82) is 0 Å². The summed E-state index contributed by atoms with van der Waals surface area (Å²) in [4.78, 5) is 83.2. The molecule has 0 saturated carbocycles. The molecule has 2 fully saturated rings. The Hall–Kier alpha value is -4.26. The number of ether oxygens (including phenoxy) is 3. The minimum absolute atomic E-state index is 0.0267. The number of carbonyl (C=O) groups is 6. The lowest BCUT2D eigenvalue weighted by Crippen LogP contribution is -2.59. The van der Waals surface area contributed by atoms with E-state index in [-0.39, 0.29) is 72.2 Å². The predicted molar refractivity (Wildman–Crippen MR) is 229 cm³/mol. The number of epoxide rings is 1. The van der Waals surface area contributed by atoms with Gasteiger partial charge in [0.2, 0.25) is 18.5 Å². The largest absolute Gasteiger partial charge is 0.415 e. The van der Waals surface area contributed by atoms with E-state index < -0.39 is 46.7 Å². The van der Waals surface area contributed by atoms with Crippen molar-refractivity contribution in [3.8, 4) is 0 Å². The zero-order valence-electron chi connectivity index (χ0n) is 37.3. The topological polar surface area (TPSA) is 157 Å². The second-order valence-corrected chi connectivity index (χ2v) is 19.2. The van der Waals surface area contributed by atoms with Gasteiger partial charge in [0.1, 0.15) is 25.2 Å². The van der Waals surface area contributed by atoms with Gasteiger partial charge in [0.25, 0.3) is 0 Å². The summed E-state index contributed by atoms with van der Waals surface area (Å²) in [6.07, 6.45) is 1.75. The standard InChI is InChI=1S/C48H69N3O9/c1-33(2)25-40(42(53)29-38(27-36-17-13-10-14-18-36)45(56)50-41(26-34(3)4)43(54)48(8)31-60-48)49-44(55)37(20-19-35-15-11-9-12-16-35)28-39(52)30-51(21-23-58-24-22-51)32-59-46(57)47(5,6)7/h9-18,33-34,37-38,40-41H,19-32H2,1-8H3,(H-,49,50,55,56)/p+1/t37-,38-,40+,41+,48-/m1/s1. The second kappa shape index (κ2) is 22.0. The fourth-order valence-electron chi connectivity index (χ4n) is 7.68. The van der Waals surface area contributed by atoms with Crippen LogP contribution in [0.4, 0.5) is 0 Å². The molecule has 0 bridgehead atoms. The van der Waals surface area contributed by atoms with E-state index in [4.69, 9.17) is 14.2 Å². The van der Waals surface area contributed by atoms with Gasteiger partial charge in [-0.15, -0.1) is 0 Å². The lowest BCUT2D eigenvalue weighted by molar-refractivity contribution is -0.943. The van der Waals surface area contributed by atoms with Crippen LogP contribution >= 0.6 is 0 Å². The number of ketones is 3. The number of amides is 2. The first-order valence-electron chi connectivity index (χ1n) is 21.8. The number of quaternary nitrogens is 1. The number of nitrogens with one attached hydrogen (secondary N) is 2. The Labute approximate surface area is 357 Å². The Morgan fingerprint density at radius 3 is 1.85 bits per heavy atom. The summed E-state index contributed by atoms with van der Waals surface area (Å²) >= 11 is 0. The summed E-state index contributed by atoms with van der Waals surface area (Å²) in [5.74, 6) is -3.15. The van der Waals surface area contributed by atoms with E-state index in [1.807, 2.05) is 88.4 Å². The number of aryl methyl sites for hydroxylation is 1. The third kappa shape index (κ3) is 15.3. The zero-order chi connectivity index (χ0) is 44.1. The molecule has 2 N–H and O–H groups in total. The SMILES string of the molecule is CC(C)C[C@H](NC(=O)[C@H](CCc1ccccc1)CC(=O)C[N+]1(COC(=O)C(C)(C)C)CCOCC1)C(=O)C[C@@H](Cc1ccccc1)C(=O)N[C@@H](CC(C)C)C(=O)[C@@]1(C)CO1. The van der Waals surface area contributed by atoms with Crippen LogP contribution in [0, 0.1) is 29.1 Å². The molecule has 2 heterocycles. The highest BCUT2D eigenvalue weighted by Gasteiger charge is 2.50. The molecule has 2 saturated heterocycles. The molecule has 2 aromatic carbocycles. The van der Waals surface area contributed by atoms with Crippen molar-refractivity contribution >= 4 is 35.1 Å². The van der Waals surface area contributed by atoms with Gasteiger partial charge in [-0.1, -0.05) is 88.4 Å².